The standard InChI is InChI=1S/C22H6Cl8N4O2/c23-11-7-9(13(25)17(29)15(11)27)21(35)33-19(7)31-5-2-1-3-6(4-5)32-20-8-10(22(36)34-20)14(26)18(30)16(28)12(8)24/h1-4H,(H,31,33,35)(H,32,34,36). The summed E-state index contributed by atoms with van der Waals surface area (Å²) in [6.45, 7) is 0. The number of nitrogens with one attached hydrogen (secondary N) is 2. The van der Waals surface area contributed by atoms with Crippen molar-refractivity contribution in [2.24, 2.45) is 9.98 Å². The number of hydrogen-bond donors (Lipinski definition) is 2. The van der Waals surface area contributed by atoms with Crippen molar-refractivity contribution in [2.75, 3.05) is 0 Å². The lowest BCUT2D eigenvalue weighted by Gasteiger charge is -2.09. The molecule has 6 nitrogen and oxygen atoms in total. The molecule has 0 saturated carbocycles. The molecule has 0 radical (unpaired) electrons. The second-order valence-corrected chi connectivity index (χ2v) is 10.4. The molecule has 0 atom stereocenters. The van der Waals surface area contributed by atoms with Crippen LogP contribution in [0.15, 0.2) is 34.3 Å². The third kappa shape index (κ3) is 4.05. The molecular weight excluding hydrogens is 636 g/mol. The fourth-order valence-electron chi connectivity index (χ4n) is 3.66. The van der Waals surface area contributed by atoms with Crippen LogP contribution in [-0.4, -0.2) is 23.5 Å². The summed E-state index contributed by atoms with van der Waals surface area (Å²) in [5.41, 5.74) is 1.37. The van der Waals surface area contributed by atoms with Gasteiger partial charge in [-0.15, -0.1) is 0 Å². The van der Waals surface area contributed by atoms with E-state index in [4.69, 9.17) is 92.8 Å². The minimum atomic E-state index is -0.530. The lowest BCUT2D eigenvalue weighted by Crippen LogP contribution is -2.21. The average Bonchev–Trinajstić information content (AvgIpc) is 3.34. The van der Waals surface area contributed by atoms with E-state index in [0.29, 0.717) is 11.4 Å². The van der Waals surface area contributed by atoms with E-state index in [2.05, 4.69) is 20.6 Å². The highest BCUT2D eigenvalue weighted by Crippen LogP contribution is 2.45. The molecule has 5 rings (SSSR count). The van der Waals surface area contributed by atoms with Crippen LogP contribution >= 0.6 is 92.8 Å². The number of aliphatic imine (C=N–C) groups is 2. The van der Waals surface area contributed by atoms with E-state index in [0.717, 1.165) is 0 Å². The molecule has 2 N–H and O–H groups in total. The maximum atomic E-state index is 12.5. The molecule has 0 unspecified atom stereocenters. The second-order valence-electron chi connectivity index (χ2n) is 7.36. The number of amides is 2. The van der Waals surface area contributed by atoms with Crippen molar-refractivity contribution in [3.8, 4) is 0 Å². The SMILES string of the molecule is O=C1NC(=Nc2cccc(N=C3NC(=O)c4c(Cl)c(Cl)c(Cl)c(Cl)c43)c2)c2c(Cl)c(Cl)c(Cl)c(Cl)c21. The first-order chi connectivity index (χ1) is 17.0. The zero-order valence-corrected chi connectivity index (χ0v) is 23.1. The third-order valence-electron chi connectivity index (χ3n) is 5.24. The lowest BCUT2D eigenvalue weighted by molar-refractivity contribution is 0.0975. The Hall–Kier alpha value is -1.74. The van der Waals surface area contributed by atoms with Crippen LogP contribution in [0.1, 0.15) is 31.8 Å². The molecule has 2 aliphatic rings. The van der Waals surface area contributed by atoms with Crippen molar-refractivity contribution < 1.29 is 9.59 Å². The molecule has 2 aliphatic heterocycles. The number of carbonyl (C=O) groups excluding carboxylic acids is 2. The molecular formula is C22H6Cl8N4O2. The zero-order chi connectivity index (χ0) is 26.0. The van der Waals surface area contributed by atoms with Crippen molar-refractivity contribution in [3.63, 3.8) is 0 Å². The Bertz CT molecular complexity index is 1500. The van der Waals surface area contributed by atoms with Gasteiger partial charge in [0.25, 0.3) is 11.8 Å². The van der Waals surface area contributed by atoms with Crippen molar-refractivity contribution in [1.29, 1.82) is 0 Å². The molecule has 14 heteroatoms. The predicted molar refractivity (Wildman–Crippen MR) is 147 cm³/mol. The Morgan fingerprint density at radius 1 is 0.500 bits per heavy atom. The van der Waals surface area contributed by atoms with Crippen LogP contribution in [0, 0.1) is 0 Å². The largest absolute Gasteiger partial charge is 0.306 e. The van der Waals surface area contributed by atoms with Gasteiger partial charge in [0, 0.05) is 0 Å². The van der Waals surface area contributed by atoms with Crippen LogP contribution in [0.3, 0.4) is 0 Å². The summed E-state index contributed by atoms with van der Waals surface area (Å²) in [6.07, 6.45) is 0. The van der Waals surface area contributed by atoms with Gasteiger partial charge in [-0.25, -0.2) is 9.98 Å². The predicted octanol–water partition coefficient (Wildman–Crippen LogP) is 8.56. The number of halogens is 8. The van der Waals surface area contributed by atoms with E-state index in [9.17, 15) is 9.59 Å². The van der Waals surface area contributed by atoms with Gasteiger partial charge in [-0.2, -0.15) is 0 Å². The quantitative estimate of drug-likeness (QED) is 0.217. The van der Waals surface area contributed by atoms with E-state index >= 15 is 0 Å². The molecule has 36 heavy (non-hydrogen) atoms. The van der Waals surface area contributed by atoms with Crippen molar-refractivity contribution in [2.45, 2.75) is 0 Å². The molecule has 0 aromatic heterocycles. The van der Waals surface area contributed by atoms with Gasteiger partial charge in [0.05, 0.1) is 73.8 Å². The number of rotatable bonds is 2. The molecule has 0 bridgehead atoms. The first-order valence-corrected chi connectivity index (χ1v) is 12.7. The Balaban J connectivity index is 1.59. The molecule has 0 fully saturated rings. The number of fused-ring (bicyclic) bond motifs is 2. The minimum Gasteiger partial charge on any atom is -0.306 e. The van der Waals surface area contributed by atoms with Crippen LogP contribution in [-0.2, 0) is 0 Å². The fraction of sp³-hybridized carbons (Fsp3) is 0. The topological polar surface area (TPSA) is 82.9 Å². The van der Waals surface area contributed by atoms with Gasteiger partial charge in [-0.3, -0.25) is 9.59 Å². The first kappa shape index (κ1) is 25.9. The van der Waals surface area contributed by atoms with E-state index < -0.39 is 11.8 Å². The maximum Gasteiger partial charge on any atom is 0.259 e. The Morgan fingerprint density at radius 3 is 1.19 bits per heavy atom. The highest BCUT2D eigenvalue weighted by Gasteiger charge is 2.35. The average molecular weight is 642 g/mol. The maximum absolute atomic E-state index is 12.5. The molecule has 182 valence electrons. The van der Waals surface area contributed by atoms with Gasteiger partial charge < -0.3 is 10.6 Å². The summed E-state index contributed by atoms with van der Waals surface area (Å²) in [5, 5.41) is 5.15. The molecule has 2 amide bonds. The van der Waals surface area contributed by atoms with Gasteiger partial charge in [0.1, 0.15) is 11.7 Å². The number of nitrogens with zero attached hydrogens (tertiary/aromatic N) is 2. The molecule has 2 heterocycles. The number of carbonyl (C=O) groups is 2. The lowest BCUT2D eigenvalue weighted by atomic mass is 10.1. The van der Waals surface area contributed by atoms with E-state index in [1.807, 2.05) is 0 Å². The van der Waals surface area contributed by atoms with E-state index in [1.165, 1.54) is 0 Å². The second kappa shape index (κ2) is 9.53. The van der Waals surface area contributed by atoms with Crippen LogP contribution in [0.4, 0.5) is 11.4 Å². The molecule has 0 saturated heterocycles. The van der Waals surface area contributed by atoms with E-state index in [-0.39, 0.29) is 74.1 Å². The van der Waals surface area contributed by atoms with Crippen molar-refractivity contribution in [1.82, 2.24) is 10.6 Å². The van der Waals surface area contributed by atoms with Gasteiger partial charge in [-0.05, 0) is 18.2 Å². The number of amidine groups is 2. The Labute approximate surface area is 243 Å². The monoisotopic (exact) mass is 638 g/mol. The number of benzene rings is 3. The molecule has 3 aromatic carbocycles. The van der Waals surface area contributed by atoms with Gasteiger partial charge in [0.15, 0.2) is 0 Å². The highest BCUT2D eigenvalue weighted by atomic mass is 35.5. The van der Waals surface area contributed by atoms with Gasteiger partial charge in [-0.1, -0.05) is 98.9 Å². The number of hydrogen-bond acceptors (Lipinski definition) is 4. The van der Waals surface area contributed by atoms with Crippen molar-refractivity contribution in [3.05, 3.63) is 86.7 Å². The normalized spacial score (nSPS) is 16.4. The summed E-state index contributed by atoms with van der Waals surface area (Å²) in [4.78, 5) is 34.0. The van der Waals surface area contributed by atoms with Crippen LogP contribution < -0.4 is 10.6 Å². The van der Waals surface area contributed by atoms with Crippen LogP contribution in [0.2, 0.25) is 40.2 Å². The van der Waals surface area contributed by atoms with Crippen LogP contribution in [0.5, 0.6) is 0 Å². The fourth-order valence-corrected chi connectivity index (χ4v) is 5.71. The first-order valence-electron chi connectivity index (χ1n) is 9.64. The third-order valence-corrected chi connectivity index (χ3v) is 8.84. The molecule has 0 aliphatic carbocycles. The Morgan fingerprint density at radius 2 is 0.833 bits per heavy atom. The smallest absolute Gasteiger partial charge is 0.259 e. The van der Waals surface area contributed by atoms with Gasteiger partial charge in [0.2, 0.25) is 0 Å². The van der Waals surface area contributed by atoms with Gasteiger partial charge >= 0.3 is 0 Å². The van der Waals surface area contributed by atoms with Crippen molar-refractivity contribution >= 4 is 128 Å². The summed E-state index contributed by atoms with van der Waals surface area (Å²) in [5.74, 6) is -0.807. The summed E-state index contributed by atoms with van der Waals surface area (Å²) < 4.78 is 0. The summed E-state index contributed by atoms with van der Waals surface area (Å²) in [6, 6.07) is 6.58. The molecule has 3 aromatic rings. The van der Waals surface area contributed by atoms with E-state index in [1.54, 1.807) is 24.3 Å². The summed E-state index contributed by atoms with van der Waals surface area (Å²) >= 11 is 49.6. The Kier molecular flexibility index (Phi) is 6.86. The minimum absolute atomic E-state index is 0.00335. The highest BCUT2D eigenvalue weighted by molar-refractivity contribution is 6.56. The summed E-state index contributed by atoms with van der Waals surface area (Å²) in [7, 11) is 0. The zero-order valence-electron chi connectivity index (χ0n) is 17.0. The van der Waals surface area contributed by atoms with Crippen LogP contribution in [0.25, 0.3) is 0 Å². The molecule has 0 spiro atoms.